The van der Waals surface area contributed by atoms with E-state index in [1.165, 1.54) is 23.7 Å². The molecule has 0 fully saturated rings. The molecule has 0 saturated carbocycles. The second-order valence-corrected chi connectivity index (χ2v) is 8.10. The summed E-state index contributed by atoms with van der Waals surface area (Å²) in [6, 6.07) is 15.5. The van der Waals surface area contributed by atoms with E-state index < -0.39 is 10.1 Å². The molecule has 0 radical (unpaired) electrons. The minimum Gasteiger partial charge on any atom is -0.293 e. The van der Waals surface area contributed by atoms with Crippen molar-refractivity contribution in [3.63, 3.8) is 0 Å². The summed E-state index contributed by atoms with van der Waals surface area (Å²) in [6.45, 7) is 0.594. The first kappa shape index (κ1) is 19.9. The fourth-order valence-corrected chi connectivity index (χ4v) is 3.95. The molecule has 0 amide bonds. The molecule has 2 heterocycles. The van der Waals surface area contributed by atoms with Crippen LogP contribution in [0.5, 0.6) is 0 Å². The standard InChI is InChI=1S/C10H8O3S.C9H9N3OS/c11-14(12,13)10-7-3-5-8-4-1-2-6-9(8)10;13-8(9-2-1-5-14-9)3-4-12-7-10-6-11-12/h1-7H,(H,11,12,13);1-2,5-7H,3-4H2. The molecular weight excluding hydrogens is 398 g/mol. The lowest BCUT2D eigenvalue weighted by atomic mass is 10.1. The fourth-order valence-electron chi connectivity index (χ4n) is 2.55. The van der Waals surface area contributed by atoms with Crippen LogP contribution in [-0.2, 0) is 16.7 Å². The van der Waals surface area contributed by atoms with Crippen molar-refractivity contribution in [1.82, 2.24) is 14.8 Å². The highest BCUT2D eigenvalue weighted by Gasteiger charge is 2.12. The van der Waals surface area contributed by atoms with E-state index in [2.05, 4.69) is 10.1 Å². The normalized spacial score (nSPS) is 11.0. The second kappa shape index (κ2) is 8.87. The third-order valence-corrected chi connectivity index (χ3v) is 5.68. The quantitative estimate of drug-likeness (QED) is 0.394. The molecule has 0 atom stereocenters. The van der Waals surface area contributed by atoms with Gasteiger partial charge in [-0.1, -0.05) is 42.5 Å². The van der Waals surface area contributed by atoms with Crippen molar-refractivity contribution < 1.29 is 17.8 Å². The van der Waals surface area contributed by atoms with E-state index >= 15 is 0 Å². The lowest BCUT2D eigenvalue weighted by Crippen LogP contribution is -2.05. The Morgan fingerprint density at radius 1 is 1.07 bits per heavy atom. The molecule has 4 rings (SSSR count). The smallest absolute Gasteiger partial charge is 0.293 e. The number of thiophene rings is 1. The van der Waals surface area contributed by atoms with Crippen molar-refractivity contribution in [3.05, 3.63) is 77.5 Å². The number of hydrogen-bond acceptors (Lipinski definition) is 6. The number of aromatic nitrogens is 3. The Labute approximate surface area is 166 Å². The number of carbonyl (C=O) groups is 1. The molecule has 0 aliphatic heterocycles. The van der Waals surface area contributed by atoms with Gasteiger partial charge in [0.15, 0.2) is 5.78 Å². The average Bonchev–Trinajstić information content (AvgIpc) is 3.39. The lowest BCUT2D eigenvalue weighted by molar-refractivity contribution is 0.0979. The van der Waals surface area contributed by atoms with Crippen LogP contribution in [0.15, 0.2) is 77.5 Å². The minimum atomic E-state index is -4.13. The van der Waals surface area contributed by atoms with Crippen molar-refractivity contribution in [1.29, 1.82) is 0 Å². The predicted octanol–water partition coefficient (Wildman–Crippen LogP) is 3.70. The lowest BCUT2D eigenvalue weighted by Gasteiger charge is -2.02. The molecule has 0 spiro atoms. The van der Waals surface area contributed by atoms with Gasteiger partial charge in [-0.05, 0) is 22.9 Å². The Hall–Kier alpha value is -2.88. The fraction of sp³-hybridized carbons (Fsp3) is 0.105. The number of ketones is 1. The maximum Gasteiger partial charge on any atom is 0.295 e. The van der Waals surface area contributed by atoms with Crippen LogP contribution in [0.4, 0.5) is 0 Å². The van der Waals surface area contributed by atoms with Gasteiger partial charge in [-0.2, -0.15) is 13.5 Å². The summed E-state index contributed by atoms with van der Waals surface area (Å²) in [7, 11) is -4.13. The molecule has 0 bridgehead atoms. The number of benzene rings is 2. The molecule has 9 heteroatoms. The monoisotopic (exact) mass is 415 g/mol. The van der Waals surface area contributed by atoms with Gasteiger partial charge in [-0.15, -0.1) is 11.3 Å². The van der Waals surface area contributed by atoms with Gasteiger partial charge in [-0.3, -0.25) is 14.0 Å². The Morgan fingerprint density at radius 3 is 2.54 bits per heavy atom. The van der Waals surface area contributed by atoms with Crippen LogP contribution in [0.25, 0.3) is 10.8 Å². The van der Waals surface area contributed by atoms with Gasteiger partial charge in [0.1, 0.15) is 17.6 Å². The van der Waals surface area contributed by atoms with Crippen LogP contribution in [0.1, 0.15) is 16.1 Å². The molecule has 2 aromatic carbocycles. The molecule has 4 aromatic rings. The summed E-state index contributed by atoms with van der Waals surface area (Å²) in [5.74, 6) is 0.163. The predicted molar refractivity (Wildman–Crippen MR) is 107 cm³/mol. The van der Waals surface area contributed by atoms with Crippen LogP contribution in [0.3, 0.4) is 0 Å². The molecule has 0 aliphatic rings. The average molecular weight is 415 g/mol. The zero-order chi connectivity index (χ0) is 20.0. The maximum atomic E-state index is 11.5. The molecule has 0 aliphatic carbocycles. The highest BCUT2D eigenvalue weighted by Crippen LogP contribution is 2.22. The number of fused-ring (bicyclic) bond motifs is 1. The Bertz CT molecular complexity index is 1150. The summed E-state index contributed by atoms with van der Waals surface area (Å²) in [5.41, 5.74) is 0. The second-order valence-electron chi connectivity index (χ2n) is 5.76. The third kappa shape index (κ3) is 5.10. The Kier molecular flexibility index (Phi) is 6.30. The van der Waals surface area contributed by atoms with E-state index in [0.29, 0.717) is 18.4 Å². The molecule has 28 heavy (non-hydrogen) atoms. The summed E-state index contributed by atoms with van der Waals surface area (Å²) in [4.78, 5) is 16.1. The van der Waals surface area contributed by atoms with Gasteiger partial charge < -0.3 is 0 Å². The van der Waals surface area contributed by atoms with Gasteiger partial charge in [0, 0.05) is 18.4 Å². The maximum absolute atomic E-state index is 11.5. The van der Waals surface area contributed by atoms with E-state index in [4.69, 9.17) is 4.55 Å². The Balaban J connectivity index is 0.000000161. The van der Waals surface area contributed by atoms with Crippen molar-refractivity contribution in [2.24, 2.45) is 0 Å². The van der Waals surface area contributed by atoms with Gasteiger partial charge >= 0.3 is 0 Å². The highest BCUT2D eigenvalue weighted by atomic mass is 32.2. The third-order valence-electron chi connectivity index (χ3n) is 3.86. The van der Waals surface area contributed by atoms with E-state index in [1.54, 1.807) is 41.3 Å². The van der Waals surface area contributed by atoms with Crippen LogP contribution >= 0.6 is 11.3 Å². The number of nitrogens with zero attached hydrogens (tertiary/aromatic N) is 3. The molecule has 2 aromatic heterocycles. The molecule has 144 valence electrons. The molecular formula is C19H17N3O4S2. The summed E-state index contributed by atoms with van der Waals surface area (Å²) >= 11 is 1.47. The van der Waals surface area contributed by atoms with Gasteiger partial charge in [-0.25, -0.2) is 4.98 Å². The van der Waals surface area contributed by atoms with Crippen molar-refractivity contribution in [2.45, 2.75) is 17.9 Å². The first-order chi connectivity index (χ1) is 13.4. The van der Waals surface area contributed by atoms with Crippen LogP contribution in [0.2, 0.25) is 0 Å². The first-order valence-electron chi connectivity index (χ1n) is 8.29. The number of Topliss-reactive ketones (excluding diaryl/α,β-unsaturated/α-hetero) is 1. The van der Waals surface area contributed by atoms with E-state index in [9.17, 15) is 13.2 Å². The number of hydrogen-bond donors (Lipinski definition) is 1. The number of carbonyl (C=O) groups excluding carboxylic acids is 1. The Morgan fingerprint density at radius 2 is 1.86 bits per heavy atom. The van der Waals surface area contributed by atoms with E-state index in [-0.39, 0.29) is 10.7 Å². The van der Waals surface area contributed by atoms with Crippen molar-refractivity contribution in [2.75, 3.05) is 0 Å². The largest absolute Gasteiger partial charge is 0.295 e. The zero-order valence-electron chi connectivity index (χ0n) is 14.7. The van der Waals surface area contributed by atoms with Gasteiger partial charge in [0.2, 0.25) is 0 Å². The number of aryl methyl sites for hydroxylation is 1. The molecule has 0 saturated heterocycles. The molecule has 0 unspecified atom stereocenters. The van der Waals surface area contributed by atoms with Gasteiger partial charge in [0.25, 0.3) is 10.1 Å². The SMILES string of the molecule is O=C(CCn1cncn1)c1cccs1.O=S(=O)(O)c1cccc2ccccc12. The summed E-state index contributed by atoms with van der Waals surface area (Å²) in [5, 5.41) is 7.17. The summed E-state index contributed by atoms with van der Waals surface area (Å²) < 4.78 is 32.6. The van der Waals surface area contributed by atoms with Crippen LogP contribution in [0, 0.1) is 0 Å². The van der Waals surface area contributed by atoms with Gasteiger partial charge in [0.05, 0.1) is 4.88 Å². The minimum absolute atomic E-state index is 0.0457. The van der Waals surface area contributed by atoms with Crippen LogP contribution in [-0.4, -0.2) is 33.5 Å². The van der Waals surface area contributed by atoms with Crippen molar-refractivity contribution >= 4 is 38.0 Å². The van der Waals surface area contributed by atoms with E-state index in [0.717, 1.165) is 10.3 Å². The molecule has 7 nitrogen and oxygen atoms in total. The summed E-state index contributed by atoms with van der Waals surface area (Å²) in [6.07, 6.45) is 3.56. The van der Waals surface area contributed by atoms with E-state index in [1.807, 2.05) is 23.6 Å². The zero-order valence-corrected chi connectivity index (χ0v) is 16.3. The topological polar surface area (TPSA) is 102 Å². The van der Waals surface area contributed by atoms with Crippen molar-refractivity contribution in [3.8, 4) is 0 Å². The number of rotatable bonds is 5. The van der Waals surface area contributed by atoms with Crippen LogP contribution < -0.4 is 0 Å². The molecule has 1 N–H and O–H groups in total. The first-order valence-corrected chi connectivity index (χ1v) is 10.6. The highest BCUT2D eigenvalue weighted by molar-refractivity contribution is 7.86.